The van der Waals surface area contributed by atoms with Gasteiger partial charge in [0.2, 0.25) is 0 Å². The van der Waals surface area contributed by atoms with E-state index in [2.05, 4.69) is 4.99 Å². The van der Waals surface area contributed by atoms with Gasteiger partial charge >= 0.3 is 5.97 Å². The molecule has 176 valence electrons. The molecule has 35 heavy (non-hydrogen) atoms. The van der Waals surface area contributed by atoms with Gasteiger partial charge in [-0.05, 0) is 48.4 Å². The van der Waals surface area contributed by atoms with E-state index in [1.165, 1.54) is 15.9 Å². The molecule has 0 bridgehead atoms. The second kappa shape index (κ2) is 9.17. The minimum atomic E-state index is -0.790. The van der Waals surface area contributed by atoms with Crippen LogP contribution in [0.5, 0.6) is 5.75 Å². The van der Waals surface area contributed by atoms with Crippen LogP contribution in [0.15, 0.2) is 81.7 Å². The molecule has 0 saturated heterocycles. The van der Waals surface area contributed by atoms with Crippen molar-refractivity contribution < 1.29 is 14.6 Å². The summed E-state index contributed by atoms with van der Waals surface area (Å²) < 4.78 is 7.18. The smallest absolute Gasteiger partial charge is 0.338 e. The van der Waals surface area contributed by atoms with Crippen LogP contribution in [0.25, 0.3) is 16.8 Å². The quantitative estimate of drug-likeness (QED) is 0.420. The lowest BCUT2D eigenvalue weighted by molar-refractivity contribution is -0.139. The van der Waals surface area contributed by atoms with Crippen molar-refractivity contribution >= 4 is 45.8 Å². The van der Waals surface area contributed by atoms with E-state index >= 15 is 0 Å². The van der Waals surface area contributed by atoms with Gasteiger partial charge in [-0.3, -0.25) is 9.36 Å². The number of allylic oxidation sites excluding steroid dienone is 1. The third-order valence-corrected chi connectivity index (χ3v) is 7.27. The molecular formula is C27H21ClN2O4S. The minimum absolute atomic E-state index is 0.0700. The zero-order chi connectivity index (χ0) is 24.7. The molecule has 0 fully saturated rings. The molecule has 1 aromatic heterocycles. The van der Waals surface area contributed by atoms with Gasteiger partial charge in [-0.2, -0.15) is 0 Å². The third-order valence-electron chi connectivity index (χ3n) is 5.94. The van der Waals surface area contributed by atoms with Gasteiger partial charge in [0.05, 0.1) is 22.4 Å². The highest BCUT2D eigenvalue weighted by atomic mass is 35.5. The molecule has 1 atom stereocenters. The second-order valence-corrected chi connectivity index (χ2v) is 9.46. The summed E-state index contributed by atoms with van der Waals surface area (Å²) in [5.74, 6) is -0.472. The van der Waals surface area contributed by atoms with E-state index in [9.17, 15) is 14.7 Å². The van der Waals surface area contributed by atoms with E-state index in [4.69, 9.17) is 16.3 Å². The number of hydrogen-bond acceptors (Lipinski definition) is 6. The summed E-state index contributed by atoms with van der Waals surface area (Å²) in [6.45, 7) is 3.64. The van der Waals surface area contributed by atoms with E-state index in [0.717, 1.165) is 10.8 Å². The molecule has 0 radical (unpaired) electrons. The molecule has 1 N–H and O–H groups in total. The summed E-state index contributed by atoms with van der Waals surface area (Å²) in [4.78, 5) is 31.8. The Hall–Kier alpha value is -3.68. The molecule has 5 rings (SSSR count). The van der Waals surface area contributed by atoms with Gasteiger partial charge in [-0.1, -0.05) is 71.5 Å². The average Bonchev–Trinajstić information content (AvgIpc) is 3.15. The number of carbonyl (C=O) groups excluding carboxylic acids is 1. The molecule has 0 saturated carbocycles. The molecular weight excluding hydrogens is 484 g/mol. The zero-order valence-electron chi connectivity index (χ0n) is 19.0. The standard InChI is InChI=1S/C27H21ClN2O4S/c1-3-34-26(33)23-15(2)29-27-30(24(23)18-10-6-7-11-20(18)28)25(32)22(35-27)14-19-17-9-5-4-8-16(17)12-13-21(19)31/h4-14,24,31H,3H2,1-2H3/b22-14-/t24-/m1/s1. The Morgan fingerprint density at radius 1 is 1.17 bits per heavy atom. The van der Waals surface area contributed by atoms with Crippen molar-refractivity contribution in [2.75, 3.05) is 6.61 Å². The highest BCUT2D eigenvalue weighted by molar-refractivity contribution is 7.07. The number of halogens is 1. The van der Waals surface area contributed by atoms with E-state index < -0.39 is 12.0 Å². The maximum Gasteiger partial charge on any atom is 0.338 e. The summed E-state index contributed by atoms with van der Waals surface area (Å²) in [7, 11) is 0. The number of thiazole rings is 1. The first-order valence-electron chi connectivity index (χ1n) is 11.1. The maximum atomic E-state index is 13.8. The molecule has 1 aliphatic heterocycles. The second-order valence-electron chi connectivity index (χ2n) is 8.04. The molecule has 8 heteroatoms. The van der Waals surface area contributed by atoms with Crippen molar-refractivity contribution in [3.05, 3.63) is 108 Å². The highest BCUT2D eigenvalue weighted by Crippen LogP contribution is 2.34. The Balaban J connectivity index is 1.80. The molecule has 1 aliphatic rings. The Labute approximate surface area is 209 Å². The highest BCUT2D eigenvalue weighted by Gasteiger charge is 2.34. The summed E-state index contributed by atoms with van der Waals surface area (Å²) in [5.41, 5.74) is 1.55. The van der Waals surface area contributed by atoms with Crippen LogP contribution in [-0.2, 0) is 9.53 Å². The first-order valence-corrected chi connectivity index (χ1v) is 12.2. The van der Waals surface area contributed by atoms with Crippen LogP contribution >= 0.6 is 22.9 Å². The number of fused-ring (bicyclic) bond motifs is 2. The van der Waals surface area contributed by atoms with Crippen LogP contribution in [0.2, 0.25) is 5.02 Å². The molecule has 4 aromatic rings. The lowest BCUT2D eigenvalue weighted by atomic mass is 9.96. The number of aromatic hydroxyl groups is 1. The van der Waals surface area contributed by atoms with Gasteiger partial charge in [-0.25, -0.2) is 9.79 Å². The van der Waals surface area contributed by atoms with Gasteiger partial charge in [0.1, 0.15) is 11.8 Å². The number of phenolic OH excluding ortho intramolecular Hbond substituents is 1. The number of ether oxygens (including phenoxy) is 1. The van der Waals surface area contributed by atoms with Crippen LogP contribution in [0.4, 0.5) is 0 Å². The predicted octanol–water partition coefficient (Wildman–Crippen LogP) is 4.31. The fourth-order valence-electron chi connectivity index (χ4n) is 4.35. The number of phenols is 1. The summed E-state index contributed by atoms with van der Waals surface area (Å²) in [5, 5.41) is 12.8. The van der Waals surface area contributed by atoms with Crippen LogP contribution in [0, 0.1) is 0 Å². The van der Waals surface area contributed by atoms with Crippen molar-refractivity contribution in [3.63, 3.8) is 0 Å². The van der Waals surface area contributed by atoms with Crippen LogP contribution < -0.4 is 14.9 Å². The fraction of sp³-hybridized carbons (Fsp3) is 0.148. The van der Waals surface area contributed by atoms with Gasteiger partial charge in [0, 0.05) is 10.6 Å². The van der Waals surface area contributed by atoms with Crippen molar-refractivity contribution in [3.8, 4) is 5.75 Å². The molecule has 0 spiro atoms. The number of esters is 1. The Morgan fingerprint density at radius 3 is 2.69 bits per heavy atom. The monoisotopic (exact) mass is 504 g/mol. The predicted molar refractivity (Wildman–Crippen MR) is 137 cm³/mol. The molecule has 0 unspecified atom stereocenters. The number of carbonyl (C=O) groups is 1. The van der Waals surface area contributed by atoms with E-state index in [1.54, 1.807) is 44.2 Å². The van der Waals surface area contributed by atoms with Crippen molar-refractivity contribution in [1.82, 2.24) is 4.57 Å². The van der Waals surface area contributed by atoms with E-state index in [0.29, 0.717) is 31.2 Å². The molecule has 3 aromatic carbocycles. The van der Waals surface area contributed by atoms with Crippen LogP contribution in [-0.4, -0.2) is 22.2 Å². The summed E-state index contributed by atoms with van der Waals surface area (Å²) in [6, 6.07) is 17.4. The zero-order valence-corrected chi connectivity index (χ0v) is 20.6. The van der Waals surface area contributed by atoms with Crippen LogP contribution in [0.1, 0.15) is 31.0 Å². The van der Waals surface area contributed by atoms with Gasteiger partial charge in [0.25, 0.3) is 5.56 Å². The fourth-order valence-corrected chi connectivity index (χ4v) is 5.62. The number of rotatable bonds is 4. The first-order chi connectivity index (χ1) is 16.9. The average molecular weight is 505 g/mol. The number of nitrogens with zero attached hydrogens (tertiary/aromatic N) is 2. The Morgan fingerprint density at radius 2 is 1.91 bits per heavy atom. The third kappa shape index (κ3) is 3.96. The van der Waals surface area contributed by atoms with Crippen molar-refractivity contribution in [1.29, 1.82) is 0 Å². The summed E-state index contributed by atoms with van der Waals surface area (Å²) >= 11 is 7.73. The van der Waals surface area contributed by atoms with E-state index in [-0.39, 0.29) is 23.5 Å². The molecule has 6 nitrogen and oxygen atoms in total. The normalized spacial score (nSPS) is 15.7. The topological polar surface area (TPSA) is 80.9 Å². The van der Waals surface area contributed by atoms with Gasteiger partial charge in [0.15, 0.2) is 4.80 Å². The van der Waals surface area contributed by atoms with Crippen molar-refractivity contribution in [2.24, 2.45) is 4.99 Å². The van der Waals surface area contributed by atoms with Gasteiger partial charge < -0.3 is 9.84 Å². The Kier molecular flexibility index (Phi) is 6.05. The SMILES string of the molecule is CCOC(=O)C1=C(C)N=c2s/c(=C\c3c(O)ccc4ccccc34)c(=O)n2[C@@H]1c1ccccc1Cl. The maximum absolute atomic E-state index is 13.8. The molecule has 2 heterocycles. The minimum Gasteiger partial charge on any atom is -0.507 e. The van der Waals surface area contributed by atoms with Crippen LogP contribution in [0.3, 0.4) is 0 Å². The summed E-state index contributed by atoms with van der Waals surface area (Å²) in [6.07, 6.45) is 1.68. The number of hydrogen-bond donors (Lipinski definition) is 1. The number of aromatic nitrogens is 1. The molecule has 0 aliphatic carbocycles. The van der Waals surface area contributed by atoms with Gasteiger partial charge in [-0.15, -0.1) is 0 Å². The lowest BCUT2D eigenvalue weighted by Crippen LogP contribution is -2.40. The first kappa shape index (κ1) is 23.1. The van der Waals surface area contributed by atoms with Crippen molar-refractivity contribution in [2.45, 2.75) is 19.9 Å². The van der Waals surface area contributed by atoms with E-state index in [1.807, 2.05) is 36.4 Å². The lowest BCUT2D eigenvalue weighted by Gasteiger charge is -2.25. The molecule has 0 amide bonds. The number of benzene rings is 3. The Bertz CT molecular complexity index is 1700. The largest absolute Gasteiger partial charge is 0.507 e.